The minimum Gasteiger partial charge on any atom is -0.352 e. The number of carbonyl (C=O) groups excluding carboxylic acids is 2. The van der Waals surface area contributed by atoms with Crippen molar-refractivity contribution in [3.8, 4) is 0 Å². The molecule has 0 unspecified atom stereocenters. The van der Waals surface area contributed by atoms with Crippen molar-refractivity contribution in [2.75, 3.05) is 6.54 Å². The predicted octanol–water partition coefficient (Wildman–Crippen LogP) is 2.62. The van der Waals surface area contributed by atoms with Gasteiger partial charge in [-0.15, -0.1) is 0 Å². The molecule has 1 saturated heterocycles. The second-order valence-electron chi connectivity index (χ2n) is 7.07. The first-order valence-electron chi connectivity index (χ1n) is 8.54. The van der Waals surface area contributed by atoms with Crippen molar-refractivity contribution in [3.05, 3.63) is 0 Å². The lowest BCUT2D eigenvalue weighted by molar-refractivity contribution is -0.187. The van der Waals surface area contributed by atoms with Gasteiger partial charge in [0.15, 0.2) is 0 Å². The number of carbonyl (C=O) groups is 2. The Bertz CT molecular complexity index is 476. The van der Waals surface area contributed by atoms with Crippen molar-refractivity contribution >= 4 is 11.8 Å². The summed E-state index contributed by atoms with van der Waals surface area (Å²) in [4.78, 5) is 26.4. The molecule has 0 aromatic heterocycles. The Hall–Kier alpha value is -1.27. The Morgan fingerprint density at radius 2 is 1.74 bits per heavy atom. The Kier molecular flexibility index (Phi) is 4.56. The molecule has 0 aromatic rings. The van der Waals surface area contributed by atoms with Gasteiger partial charge in [0.1, 0.15) is 6.04 Å². The van der Waals surface area contributed by atoms with Crippen molar-refractivity contribution in [2.24, 2.45) is 11.8 Å². The molecule has 3 fully saturated rings. The van der Waals surface area contributed by atoms with Crippen LogP contribution in [0.1, 0.15) is 51.4 Å². The molecule has 3 atom stereocenters. The van der Waals surface area contributed by atoms with Crippen molar-refractivity contribution in [1.82, 2.24) is 10.2 Å². The Labute approximate surface area is 133 Å². The van der Waals surface area contributed by atoms with Crippen LogP contribution in [0.2, 0.25) is 0 Å². The molecule has 1 aliphatic heterocycles. The molecule has 7 heteroatoms. The van der Waals surface area contributed by atoms with Gasteiger partial charge in [-0.05, 0) is 44.9 Å². The van der Waals surface area contributed by atoms with E-state index in [1.54, 1.807) is 0 Å². The van der Waals surface area contributed by atoms with Gasteiger partial charge in [0.05, 0.1) is 5.92 Å². The average Bonchev–Trinajstić information content (AvgIpc) is 3.18. The largest absolute Gasteiger partial charge is 0.391 e. The summed E-state index contributed by atoms with van der Waals surface area (Å²) in [6.45, 7) is 0.481. The normalized spacial score (nSPS) is 32.0. The number of nitrogens with one attached hydrogen (secondary N) is 1. The van der Waals surface area contributed by atoms with Crippen LogP contribution in [0, 0.1) is 11.8 Å². The van der Waals surface area contributed by atoms with Gasteiger partial charge in [0, 0.05) is 18.5 Å². The molecule has 0 aromatic carbocycles. The molecule has 3 rings (SSSR count). The van der Waals surface area contributed by atoms with Crippen LogP contribution in [0.3, 0.4) is 0 Å². The third-order valence-electron chi connectivity index (χ3n) is 5.25. The first-order chi connectivity index (χ1) is 10.9. The highest BCUT2D eigenvalue weighted by molar-refractivity contribution is 5.89. The summed E-state index contributed by atoms with van der Waals surface area (Å²) >= 11 is 0. The van der Waals surface area contributed by atoms with E-state index in [1.807, 2.05) is 0 Å². The topological polar surface area (TPSA) is 49.4 Å². The number of halogens is 3. The van der Waals surface area contributed by atoms with Gasteiger partial charge in [-0.25, -0.2) is 0 Å². The van der Waals surface area contributed by atoms with Crippen LogP contribution in [-0.2, 0) is 9.59 Å². The molecule has 23 heavy (non-hydrogen) atoms. The standard InChI is InChI=1S/C16H23F3N2O2/c17-16(18,19)11-4-1-3-10(9-11)15(23)21-8-2-5-13(21)14(22)20-12-6-7-12/h10-13H,1-9H2,(H,20,22)/t10-,11-,13-/m0/s1. The molecule has 3 aliphatic rings. The van der Waals surface area contributed by atoms with Gasteiger partial charge in [-0.2, -0.15) is 13.2 Å². The molecular formula is C16H23F3N2O2. The molecule has 0 spiro atoms. The van der Waals surface area contributed by atoms with Crippen LogP contribution in [0.4, 0.5) is 13.2 Å². The van der Waals surface area contributed by atoms with Gasteiger partial charge < -0.3 is 10.2 Å². The summed E-state index contributed by atoms with van der Waals surface area (Å²) in [5, 5.41) is 2.90. The maximum Gasteiger partial charge on any atom is 0.391 e. The average molecular weight is 332 g/mol. The highest BCUT2D eigenvalue weighted by Crippen LogP contribution is 2.41. The lowest BCUT2D eigenvalue weighted by atomic mass is 9.80. The van der Waals surface area contributed by atoms with Gasteiger partial charge in [0.25, 0.3) is 0 Å². The van der Waals surface area contributed by atoms with Crippen LogP contribution >= 0.6 is 0 Å². The van der Waals surface area contributed by atoms with E-state index in [0.717, 1.165) is 19.3 Å². The summed E-state index contributed by atoms with van der Waals surface area (Å²) < 4.78 is 38.8. The molecule has 1 N–H and O–H groups in total. The fraction of sp³-hybridized carbons (Fsp3) is 0.875. The molecule has 2 saturated carbocycles. The molecule has 2 aliphatic carbocycles. The molecule has 2 amide bonds. The SMILES string of the molecule is O=C(NC1CC1)[C@@H]1CCCN1C(=O)[C@H]1CCC[C@H](C(F)(F)F)C1. The summed E-state index contributed by atoms with van der Waals surface area (Å²) in [6.07, 6.45) is -0.0260. The quantitative estimate of drug-likeness (QED) is 0.864. The number of alkyl halides is 3. The molecule has 130 valence electrons. The maximum atomic E-state index is 12.9. The van der Waals surface area contributed by atoms with E-state index in [-0.39, 0.29) is 30.7 Å². The van der Waals surface area contributed by atoms with E-state index in [4.69, 9.17) is 0 Å². The van der Waals surface area contributed by atoms with Crippen molar-refractivity contribution in [1.29, 1.82) is 0 Å². The predicted molar refractivity (Wildman–Crippen MR) is 77.4 cm³/mol. The Morgan fingerprint density at radius 3 is 2.39 bits per heavy atom. The van der Waals surface area contributed by atoms with Gasteiger partial charge in [-0.1, -0.05) is 6.42 Å². The molecule has 4 nitrogen and oxygen atoms in total. The Balaban J connectivity index is 1.62. The third-order valence-corrected chi connectivity index (χ3v) is 5.25. The summed E-state index contributed by atoms with van der Waals surface area (Å²) in [7, 11) is 0. The first-order valence-corrected chi connectivity index (χ1v) is 8.54. The minimum absolute atomic E-state index is 0.110. The van der Waals surface area contributed by atoms with E-state index in [9.17, 15) is 22.8 Å². The van der Waals surface area contributed by atoms with Crippen molar-refractivity contribution in [2.45, 2.75) is 69.6 Å². The van der Waals surface area contributed by atoms with Crippen molar-refractivity contribution < 1.29 is 22.8 Å². The maximum absolute atomic E-state index is 12.9. The van der Waals surface area contributed by atoms with E-state index < -0.39 is 24.1 Å². The molecule has 1 heterocycles. The summed E-state index contributed by atoms with van der Waals surface area (Å²) in [5.74, 6) is -2.37. The third kappa shape index (κ3) is 3.80. The van der Waals surface area contributed by atoms with E-state index >= 15 is 0 Å². The zero-order valence-corrected chi connectivity index (χ0v) is 13.1. The van der Waals surface area contributed by atoms with Crippen molar-refractivity contribution in [3.63, 3.8) is 0 Å². The van der Waals surface area contributed by atoms with Crippen LogP contribution in [0.5, 0.6) is 0 Å². The van der Waals surface area contributed by atoms with E-state index in [2.05, 4.69) is 5.32 Å². The second-order valence-corrected chi connectivity index (χ2v) is 7.07. The second kappa shape index (κ2) is 6.32. The molecular weight excluding hydrogens is 309 g/mol. The number of nitrogens with zero attached hydrogens (tertiary/aromatic N) is 1. The summed E-state index contributed by atoms with van der Waals surface area (Å²) in [5.41, 5.74) is 0. The molecule has 0 bridgehead atoms. The van der Waals surface area contributed by atoms with E-state index in [0.29, 0.717) is 25.8 Å². The number of likely N-dealkylation sites (tertiary alicyclic amines) is 1. The first kappa shape index (κ1) is 16.6. The van der Waals surface area contributed by atoms with Gasteiger partial charge in [0.2, 0.25) is 11.8 Å². The van der Waals surface area contributed by atoms with Gasteiger partial charge >= 0.3 is 6.18 Å². The molecule has 0 radical (unpaired) electrons. The minimum atomic E-state index is -4.23. The zero-order chi connectivity index (χ0) is 16.6. The Morgan fingerprint density at radius 1 is 1.00 bits per heavy atom. The number of hydrogen-bond acceptors (Lipinski definition) is 2. The van der Waals surface area contributed by atoms with E-state index in [1.165, 1.54) is 4.90 Å². The number of rotatable bonds is 3. The fourth-order valence-electron chi connectivity index (χ4n) is 3.77. The smallest absolute Gasteiger partial charge is 0.352 e. The van der Waals surface area contributed by atoms with Crippen LogP contribution in [0.25, 0.3) is 0 Å². The lowest BCUT2D eigenvalue weighted by Crippen LogP contribution is -2.49. The highest BCUT2D eigenvalue weighted by atomic mass is 19.4. The zero-order valence-electron chi connectivity index (χ0n) is 13.1. The van der Waals surface area contributed by atoms with Crippen LogP contribution < -0.4 is 5.32 Å². The van der Waals surface area contributed by atoms with Crippen LogP contribution in [0.15, 0.2) is 0 Å². The van der Waals surface area contributed by atoms with Crippen LogP contribution in [-0.4, -0.2) is 41.5 Å². The fourth-order valence-corrected chi connectivity index (χ4v) is 3.77. The number of amides is 2. The highest BCUT2D eigenvalue weighted by Gasteiger charge is 2.46. The van der Waals surface area contributed by atoms with Gasteiger partial charge in [-0.3, -0.25) is 9.59 Å². The monoisotopic (exact) mass is 332 g/mol. The lowest BCUT2D eigenvalue weighted by Gasteiger charge is -2.33. The summed E-state index contributed by atoms with van der Waals surface area (Å²) in [6, 6.07) is -0.265. The number of hydrogen-bond donors (Lipinski definition) is 1.